The van der Waals surface area contributed by atoms with Crippen molar-refractivity contribution in [3.63, 3.8) is 0 Å². The maximum absolute atomic E-state index is 10.6. The molecule has 1 heterocycles. The van der Waals surface area contributed by atoms with Gasteiger partial charge in [-0.3, -0.25) is 15.1 Å². The van der Waals surface area contributed by atoms with E-state index in [-0.39, 0.29) is 10.6 Å². The summed E-state index contributed by atoms with van der Waals surface area (Å²) in [4.78, 5) is 14.6. The number of rotatable bonds is 2. The van der Waals surface area contributed by atoms with Crippen LogP contribution in [-0.2, 0) is 0 Å². The molecule has 4 nitrogen and oxygen atoms in total. The highest BCUT2D eigenvalue weighted by molar-refractivity contribution is 8.14. The Labute approximate surface area is 91.6 Å². The number of nitrogens with zero attached hydrogens (tertiary/aromatic N) is 2. The summed E-state index contributed by atoms with van der Waals surface area (Å²) in [5.74, 6) is 0.956. The SMILES string of the molecule is CC1CSC(c2cccc([N+](=O)[O-])c2)=N1. The largest absolute Gasteiger partial charge is 0.274 e. The van der Waals surface area contributed by atoms with Crippen molar-refractivity contribution in [1.82, 2.24) is 0 Å². The Morgan fingerprint density at radius 1 is 1.60 bits per heavy atom. The molecule has 1 aliphatic heterocycles. The molecule has 15 heavy (non-hydrogen) atoms. The van der Waals surface area contributed by atoms with Crippen LogP contribution in [0.15, 0.2) is 29.3 Å². The summed E-state index contributed by atoms with van der Waals surface area (Å²) in [7, 11) is 0. The molecule has 0 aliphatic carbocycles. The lowest BCUT2D eigenvalue weighted by molar-refractivity contribution is -0.384. The van der Waals surface area contributed by atoms with E-state index >= 15 is 0 Å². The van der Waals surface area contributed by atoms with Crippen LogP contribution in [0.4, 0.5) is 5.69 Å². The average Bonchev–Trinajstić information content (AvgIpc) is 2.65. The summed E-state index contributed by atoms with van der Waals surface area (Å²) in [6.45, 7) is 2.04. The van der Waals surface area contributed by atoms with Crippen molar-refractivity contribution >= 4 is 22.5 Å². The third-order valence-electron chi connectivity index (χ3n) is 2.10. The predicted molar refractivity (Wildman–Crippen MR) is 61.6 cm³/mol. The Kier molecular flexibility index (Phi) is 2.73. The lowest BCUT2D eigenvalue weighted by atomic mass is 10.2. The highest BCUT2D eigenvalue weighted by atomic mass is 32.2. The molecule has 0 saturated carbocycles. The fraction of sp³-hybridized carbons (Fsp3) is 0.300. The molecule has 1 unspecified atom stereocenters. The van der Waals surface area contributed by atoms with E-state index in [0.717, 1.165) is 16.4 Å². The van der Waals surface area contributed by atoms with E-state index in [1.165, 1.54) is 6.07 Å². The maximum atomic E-state index is 10.6. The van der Waals surface area contributed by atoms with Gasteiger partial charge in [-0.1, -0.05) is 12.1 Å². The number of nitro benzene ring substituents is 1. The molecule has 0 saturated heterocycles. The Morgan fingerprint density at radius 2 is 2.40 bits per heavy atom. The first kappa shape index (κ1) is 10.2. The second kappa shape index (κ2) is 4.02. The number of benzene rings is 1. The summed E-state index contributed by atoms with van der Waals surface area (Å²) < 4.78 is 0. The fourth-order valence-electron chi connectivity index (χ4n) is 1.38. The molecule has 0 N–H and O–H groups in total. The minimum atomic E-state index is -0.382. The van der Waals surface area contributed by atoms with Gasteiger partial charge in [0, 0.05) is 23.4 Å². The van der Waals surface area contributed by atoms with Gasteiger partial charge in [0.15, 0.2) is 0 Å². The topological polar surface area (TPSA) is 55.5 Å². The van der Waals surface area contributed by atoms with E-state index in [1.807, 2.05) is 13.0 Å². The van der Waals surface area contributed by atoms with Gasteiger partial charge >= 0.3 is 0 Å². The highest BCUT2D eigenvalue weighted by Gasteiger charge is 2.17. The molecule has 1 aromatic rings. The molecule has 0 radical (unpaired) electrons. The second-order valence-corrected chi connectivity index (χ2v) is 4.41. The molecule has 5 heteroatoms. The first-order valence-electron chi connectivity index (χ1n) is 4.62. The Bertz CT molecular complexity index is 431. The number of aliphatic imine (C=N–C) groups is 1. The van der Waals surface area contributed by atoms with E-state index in [1.54, 1.807) is 23.9 Å². The highest BCUT2D eigenvalue weighted by Crippen LogP contribution is 2.25. The van der Waals surface area contributed by atoms with Gasteiger partial charge in [-0.15, -0.1) is 11.8 Å². The molecule has 0 spiro atoms. The Balaban J connectivity index is 2.33. The van der Waals surface area contributed by atoms with Crippen LogP contribution in [0, 0.1) is 10.1 Å². The van der Waals surface area contributed by atoms with Crippen molar-refractivity contribution in [2.75, 3.05) is 5.75 Å². The second-order valence-electron chi connectivity index (χ2n) is 3.40. The van der Waals surface area contributed by atoms with Crippen LogP contribution in [-0.4, -0.2) is 21.8 Å². The van der Waals surface area contributed by atoms with E-state index in [0.29, 0.717) is 6.04 Å². The zero-order chi connectivity index (χ0) is 10.8. The first-order chi connectivity index (χ1) is 7.16. The standard InChI is InChI=1S/C10H10N2O2S/c1-7-6-15-10(11-7)8-3-2-4-9(5-8)12(13)14/h2-5,7H,6H2,1H3. The van der Waals surface area contributed by atoms with Crippen molar-refractivity contribution in [3.8, 4) is 0 Å². The zero-order valence-electron chi connectivity index (χ0n) is 8.21. The van der Waals surface area contributed by atoms with Crippen molar-refractivity contribution in [2.24, 2.45) is 4.99 Å². The quantitative estimate of drug-likeness (QED) is 0.570. The van der Waals surface area contributed by atoms with Gasteiger partial charge in [0.25, 0.3) is 5.69 Å². The molecule has 78 valence electrons. The van der Waals surface area contributed by atoms with E-state index in [2.05, 4.69) is 4.99 Å². The molecule has 0 bridgehead atoms. The van der Waals surface area contributed by atoms with Crippen molar-refractivity contribution in [2.45, 2.75) is 13.0 Å². The third-order valence-corrected chi connectivity index (χ3v) is 3.37. The monoisotopic (exact) mass is 222 g/mol. The van der Waals surface area contributed by atoms with E-state index in [9.17, 15) is 10.1 Å². The minimum Gasteiger partial charge on any atom is -0.274 e. The fourth-order valence-corrected chi connectivity index (χ4v) is 2.41. The van der Waals surface area contributed by atoms with Crippen molar-refractivity contribution in [1.29, 1.82) is 0 Å². The summed E-state index contributed by atoms with van der Waals surface area (Å²) in [5, 5.41) is 11.5. The maximum Gasteiger partial charge on any atom is 0.270 e. The summed E-state index contributed by atoms with van der Waals surface area (Å²) >= 11 is 1.65. The van der Waals surface area contributed by atoms with Gasteiger partial charge in [-0.2, -0.15) is 0 Å². The molecule has 0 fully saturated rings. The van der Waals surface area contributed by atoms with Crippen molar-refractivity contribution < 1.29 is 4.92 Å². The van der Waals surface area contributed by atoms with Crippen LogP contribution in [0.25, 0.3) is 0 Å². The van der Waals surface area contributed by atoms with Crippen LogP contribution >= 0.6 is 11.8 Å². The normalized spacial score (nSPS) is 20.1. The van der Waals surface area contributed by atoms with Gasteiger partial charge in [-0.05, 0) is 6.92 Å². The minimum absolute atomic E-state index is 0.121. The predicted octanol–water partition coefficient (Wildman–Crippen LogP) is 2.48. The van der Waals surface area contributed by atoms with Gasteiger partial charge in [0.2, 0.25) is 0 Å². The zero-order valence-corrected chi connectivity index (χ0v) is 9.03. The molecule has 1 aromatic carbocycles. The average molecular weight is 222 g/mol. The van der Waals surface area contributed by atoms with Crippen LogP contribution in [0.1, 0.15) is 12.5 Å². The molecule has 1 aliphatic rings. The number of hydrogen-bond acceptors (Lipinski definition) is 4. The summed E-state index contributed by atoms with van der Waals surface area (Å²) in [6.07, 6.45) is 0. The number of thioether (sulfide) groups is 1. The van der Waals surface area contributed by atoms with Gasteiger partial charge < -0.3 is 0 Å². The molecule has 1 atom stereocenters. The summed E-state index contributed by atoms with van der Waals surface area (Å²) in [5.41, 5.74) is 0.967. The molecule has 0 aromatic heterocycles. The lowest BCUT2D eigenvalue weighted by Crippen LogP contribution is -1.95. The number of non-ortho nitro benzene ring substituents is 1. The Morgan fingerprint density at radius 3 is 3.00 bits per heavy atom. The molecule has 0 amide bonds. The first-order valence-corrected chi connectivity index (χ1v) is 5.61. The van der Waals surface area contributed by atoms with Gasteiger partial charge in [-0.25, -0.2) is 0 Å². The number of nitro groups is 1. The van der Waals surface area contributed by atoms with Crippen molar-refractivity contribution in [3.05, 3.63) is 39.9 Å². The lowest BCUT2D eigenvalue weighted by Gasteiger charge is -1.98. The summed E-state index contributed by atoms with van der Waals surface area (Å²) in [6, 6.07) is 6.93. The van der Waals surface area contributed by atoms with Crippen LogP contribution in [0.2, 0.25) is 0 Å². The van der Waals surface area contributed by atoms with E-state index in [4.69, 9.17) is 0 Å². The number of hydrogen-bond donors (Lipinski definition) is 0. The van der Waals surface area contributed by atoms with Gasteiger partial charge in [0.1, 0.15) is 0 Å². The van der Waals surface area contributed by atoms with Gasteiger partial charge in [0.05, 0.1) is 16.0 Å². The van der Waals surface area contributed by atoms with Crippen LogP contribution < -0.4 is 0 Å². The molecule has 2 rings (SSSR count). The smallest absolute Gasteiger partial charge is 0.270 e. The third kappa shape index (κ3) is 2.18. The Hall–Kier alpha value is -1.36. The van der Waals surface area contributed by atoms with Crippen LogP contribution in [0.3, 0.4) is 0 Å². The molecular weight excluding hydrogens is 212 g/mol. The van der Waals surface area contributed by atoms with Crippen LogP contribution in [0.5, 0.6) is 0 Å². The van der Waals surface area contributed by atoms with E-state index < -0.39 is 0 Å². The molecular formula is C10H10N2O2S.